The average molecular weight is 289 g/mol. The molecule has 0 aliphatic rings. The molecule has 0 heterocycles. The molecule has 0 radical (unpaired) electrons. The number of hydrogen-bond acceptors (Lipinski definition) is 4. The zero-order valence-electron chi connectivity index (χ0n) is 10.9. The number of hydrogen-bond donors (Lipinski definition) is 1. The normalized spacial score (nSPS) is 9.85. The highest BCUT2D eigenvalue weighted by molar-refractivity contribution is 6.31. The quantitative estimate of drug-likeness (QED) is 0.876. The Labute approximate surface area is 122 Å². The number of methoxy groups -OCH3 is 1. The highest BCUT2D eigenvalue weighted by Gasteiger charge is 2.05. The van der Waals surface area contributed by atoms with Crippen molar-refractivity contribution < 1.29 is 9.47 Å². The molecule has 0 unspecified atom stereocenters. The van der Waals surface area contributed by atoms with Gasteiger partial charge in [-0.05, 0) is 24.3 Å². The van der Waals surface area contributed by atoms with E-state index >= 15 is 0 Å². The first-order valence-electron chi connectivity index (χ1n) is 5.88. The van der Waals surface area contributed by atoms with E-state index in [0.29, 0.717) is 27.8 Å². The Balaban J connectivity index is 2.16. The molecule has 5 heteroatoms. The van der Waals surface area contributed by atoms with Crippen LogP contribution < -0.4 is 15.2 Å². The molecule has 4 nitrogen and oxygen atoms in total. The minimum Gasteiger partial charge on any atom is -0.497 e. The number of rotatable bonds is 4. The Morgan fingerprint density at radius 3 is 2.60 bits per heavy atom. The van der Waals surface area contributed by atoms with E-state index in [1.807, 2.05) is 6.07 Å². The van der Waals surface area contributed by atoms with Crippen molar-refractivity contribution in [3.05, 3.63) is 52.5 Å². The summed E-state index contributed by atoms with van der Waals surface area (Å²) in [5.74, 6) is 1.12. The van der Waals surface area contributed by atoms with Crippen LogP contribution in [0, 0.1) is 11.3 Å². The molecule has 0 aliphatic heterocycles. The van der Waals surface area contributed by atoms with E-state index in [2.05, 4.69) is 6.07 Å². The number of halogens is 1. The summed E-state index contributed by atoms with van der Waals surface area (Å²) in [4.78, 5) is 0. The Morgan fingerprint density at radius 2 is 1.95 bits per heavy atom. The van der Waals surface area contributed by atoms with Gasteiger partial charge in [-0.2, -0.15) is 5.26 Å². The molecule has 0 saturated heterocycles. The second-order valence-electron chi connectivity index (χ2n) is 4.15. The largest absolute Gasteiger partial charge is 0.497 e. The van der Waals surface area contributed by atoms with Crippen molar-refractivity contribution in [3.8, 4) is 17.6 Å². The van der Waals surface area contributed by atoms with Crippen LogP contribution in [-0.4, -0.2) is 7.11 Å². The Hall–Kier alpha value is -2.38. The van der Waals surface area contributed by atoms with Gasteiger partial charge in [-0.25, -0.2) is 0 Å². The Kier molecular flexibility index (Phi) is 4.34. The highest BCUT2D eigenvalue weighted by atomic mass is 35.5. The van der Waals surface area contributed by atoms with Gasteiger partial charge in [0.15, 0.2) is 0 Å². The second kappa shape index (κ2) is 6.18. The first-order chi connectivity index (χ1) is 9.62. The fourth-order valence-corrected chi connectivity index (χ4v) is 1.92. The van der Waals surface area contributed by atoms with Crippen LogP contribution in [0.4, 0.5) is 5.69 Å². The molecule has 0 aliphatic carbocycles. The lowest BCUT2D eigenvalue weighted by atomic mass is 10.2. The van der Waals surface area contributed by atoms with E-state index in [0.717, 1.165) is 5.56 Å². The lowest BCUT2D eigenvalue weighted by Crippen LogP contribution is -1.98. The zero-order valence-corrected chi connectivity index (χ0v) is 11.6. The molecule has 2 aromatic rings. The van der Waals surface area contributed by atoms with Crippen LogP contribution in [0.2, 0.25) is 5.02 Å². The van der Waals surface area contributed by atoms with Gasteiger partial charge in [0.2, 0.25) is 0 Å². The van der Waals surface area contributed by atoms with Crippen molar-refractivity contribution in [3.63, 3.8) is 0 Å². The van der Waals surface area contributed by atoms with Crippen molar-refractivity contribution in [2.45, 2.75) is 6.61 Å². The van der Waals surface area contributed by atoms with Crippen LogP contribution in [0.1, 0.15) is 11.1 Å². The standard InChI is InChI=1S/C15H13ClN2O2/c1-19-13-4-10(8-17)5-14(7-13)20-9-11-2-3-12(18)6-15(11)16/h2-7H,9,18H2,1H3. The third-order valence-electron chi connectivity index (χ3n) is 2.72. The topological polar surface area (TPSA) is 68.3 Å². The smallest absolute Gasteiger partial charge is 0.124 e. The number of anilines is 1. The molecule has 0 bridgehead atoms. The van der Waals surface area contributed by atoms with E-state index in [-0.39, 0.29) is 6.61 Å². The van der Waals surface area contributed by atoms with Gasteiger partial charge in [0.05, 0.1) is 18.7 Å². The predicted molar refractivity (Wildman–Crippen MR) is 77.9 cm³/mol. The summed E-state index contributed by atoms with van der Waals surface area (Å²) in [6.45, 7) is 0.289. The van der Waals surface area contributed by atoms with Gasteiger partial charge in [0, 0.05) is 22.3 Å². The zero-order chi connectivity index (χ0) is 14.5. The number of benzene rings is 2. The Morgan fingerprint density at radius 1 is 1.20 bits per heavy atom. The van der Waals surface area contributed by atoms with Gasteiger partial charge in [0.1, 0.15) is 18.1 Å². The summed E-state index contributed by atoms with van der Waals surface area (Å²) in [5.41, 5.74) is 7.53. The molecule has 0 saturated carbocycles. The van der Waals surface area contributed by atoms with Crippen LogP contribution in [0.15, 0.2) is 36.4 Å². The van der Waals surface area contributed by atoms with Gasteiger partial charge in [-0.15, -0.1) is 0 Å². The molecular weight excluding hydrogens is 276 g/mol. The maximum absolute atomic E-state index is 8.95. The monoisotopic (exact) mass is 288 g/mol. The van der Waals surface area contributed by atoms with Gasteiger partial charge < -0.3 is 15.2 Å². The molecule has 2 rings (SSSR count). The molecule has 2 aromatic carbocycles. The van der Waals surface area contributed by atoms with E-state index in [4.69, 9.17) is 32.1 Å². The lowest BCUT2D eigenvalue weighted by molar-refractivity contribution is 0.303. The van der Waals surface area contributed by atoms with Gasteiger partial charge >= 0.3 is 0 Å². The van der Waals surface area contributed by atoms with Crippen LogP contribution in [-0.2, 0) is 6.61 Å². The van der Waals surface area contributed by atoms with E-state index in [9.17, 15) is 0 Å². The minimum atomic E-state index is 0.289. The van der Waals surface area contributed by atoms with Crippen molar-refractivity contribution in [1.82, 2.24) is 0 Å². The summed E-state index contributed by atoms with van der Waals surface area (Å²) in [6.07, 6.45) is 0. The Bertz CT molecular complexity index is 665. The third kappa shape index (κ3) is 3.34. The molecule has 0 fully saturated rings. The molecule has 0 atom stereocenters. The van der Waals surface area contributed by atoms with Gasteiger partial charge in [-0.1, -0.05) is 17.7 Å². The second-order valence-corrected chi connectivity index (χ2v) is 4.56. The molecule has 0 amide bonds. The predicted octanol–water partition coefficient (Wildman–Crippen LogP) is 3.38. The van der Waals surface area contributed by atoms with Crippen LogP contribution in [0.3, 0.4) is 0 Å². The van der Waals surface area contributed by atoms with Crippen molar-refractivity contribution in [1.29, 1.82) is 5.26 Å². The van der Waals surface area contributed by atoms with Crippen molar-refractivity contribution >= 4 is 17.3 Å². The third-order valence-corrected chi connectivity index (χ3v) is 3.07. The summed E-state index contributed by atoms with van der Waals surface area (Å²) in [6, 6.07) is 12.3. The molecule has 102 valence electrons. The molecule has 20 heavy (non-hydrogen) atoms. The molecular formula is C15H13ClN2O2. The van der Waals surface area contributed by atoms with Gasteiger partial charge in [0.25, 0.3) is 0 Å². The minimum absolute atomic E-state index is 0.289. The summed E-state index contributed by atoms with van der Waals surface area (Å²) in [5, 5.41) is 9.50. The van der Waals surface area contributed by atoms with E-state index in [1.54, 1.807) is 30.3 Å². The molecule has 0 aromatic heterocycles. The maximum atomic E-state index is 8.95. The fourth-order valence-electron chi connectivity index (χ4n) is 1.68. The van der Waals surface area contributed by atoms with E-state index < -0.39 is 0 Å². The molecule has 0 spiro atoms. The highest BCUT2D eigenvalue weighted by Crippen LogP contribution is 2.25. The number of ether oxygens (including phenoxy) is 2. The summed E-state index contributed by atoms with van der Waals surface area (Å²) >= 11 is 6.08. The van der Waals surface area contributed by atoms with Gasteiger partial charge in [-0.3, -0.25) is 0 Å². The number of nitrogens with two attached hydrogens (primary N) is 1. The summed E-state index contributed by atoms with van der Waals surface area (Å²) < 4.78 is 10.8. The first kappa shape index (κ1) is 14.0. The number of nitrogen functional groups attached to an aromatic ring is 1. The number of nitriles is 1. The van der Waals surface area contributed by atoms with E-state index in [1.165, 1.54) is 7.11 Å². The average Bonchev–Trinajstić information content (AvgIpc) is 2.46. The van der Waals surface area contributed by atoms with Crippen LogP contribution in [0.5, 0.6) is 11.5 Å². The lowest BCUT2D eigenvalue weighted by Gasteiger charge is -2.10. The maximum Gasteiger partial charge on any atom is 0.124 e. The molecule has 2 N–H and O–H groups in total. The van der Waals surface area contributed by atoms with Crippen LogP contribution in [0.25, 0.3) is 0 Å². The van der Waals surface area contributed by atoms with Crippen LogP contribution >= 0.6 is 11.6 Å². The van der Waals surface area contributed by atoms with Crippen molar-refractivity contribution in [2.24, 2.45) is 0 Å². The SMILES string of the molecule is COc1cc(C#N)cc(OCc2ccc(N)cc2Cl)c1. The first-order valence-corrected chi connectivity index (χ1v) is 6.26. The number of nitrogens with zero attached hydrogens (tertiary/aromatic N) is 1. The fraction of sp³-hybridized carbons (Fsp3) is 0.133. The van der Waals surface area contributed by atoms with Crippen molar-refractivity contribution in [2.75, 3.05) is 12.8 Å². The summed E-state index contributed by atoms with van der Waals surface area (Å²) in [7, 11) is 1.54.